The average Bonchev–Trinajstić information content (AvgIpc) is 3.15. The van der Waals surface area contributed by atoms with E-state index in [9.17, 15) is 14.0 Å². The normalized spacial score (nSPS) is 11.1. The SMILES string of the molecule is CC(C)Oc1ccc2c(C(=O)Nc3cnn(Cc4ccc(F)cc4)c3)cc(=O)oc2c1. The van der Waals surface area contributed by atoms with Crippen molar-refractivity contribution in [2.45, 2.75) is 26.5 Å². The van der Waals surface area contributed by atoms with Crippen molar-refractivity contribution >= 4 is 22.6 Å². The third kappa shape index (κ3) is 4.80. The van der Waals surface area contributed by atoms with Crippen LogP contribution in [0.3, 0.4) is 0 Å². The van der Waals surface area contributed by atoms with Gasteiger partial charge in [-0.1, -0.05) is 12.1 Å². The summed E-state index contributed by atoms with van der Waals surface area (Å²) in [4.78, 5) is 24.8. The van der Waals surface area contributed by atoms with Gasteiger partial charge in [-0.05, 0) is 43.7 Å². The van der Waals surface area contributed by atoms with Gasteiger partial charge in [0.1, 0.15) is 17.1 Å². The van der Waals surface area contributed by atoms with Crippen molar-refractivity contribution in [3.63, 3.8) is 0 Å². The molecule has 8 heteroatoms. The zero-order chi connectivity index (χ0) is 22.0. The highest BCUT2D eigenvalue weighted by Gasteiger charge is 2.15. The van der Waals surface area contributed by atoms with Gasteiger partial charge in [0.05, 0.1) is 30.1 Å². The van der Waals surface area contributed by atoms with Crippen LogP contribution in [0, 0.1) is 5.82 Å². The zero-order valence-corrected chi connectivity index (χ0v) is 17.0. The van der Waals surface area contributed by atoms with Crippen LogP contribution in [-0.2, 0) is 6.54 Å². The van der Waals surface area contributed by atoms with Gasteiger partial charge in [0.15, 0.2) is 0 Å². The van der Waals surface area contributed by atoms with Crippen LogP contribution < -0.4 is 15.7 Å². The van der Waals surface area contributed by atoms with Gasteiger partial charge in [-0.25, -0.2) is 9.18 Å². The predicted octanol–water partition coefficient (Wildman–Crippen LogP) is 4.22. The fourth-order valence-corrected chi connectivity index (χ4v) is 3.17. The number of benzene rings is 2. The summed E-state index contributed by atoms with van der Waals surface area (Å²) in [6.07, 6.45) is 3.12. The van der Waals surface area contributed by atoms with Crippen LogP contribution in [0.5, 0.6) is 5.75 Å². The lowest BCUT2D eigenvalue weighted by Gasteiger charge is -2.11. The van der Waals surface area contributed by atoms with Crippen molar-refractivity contribution in [1.29, 1.82) is 0 Å². The minimum Gasteiger partial charge on any atom is -0.491 e. The number of hydrogen-bond acceptors (Lipinski definition) is 5. The van der Waals surface area contributed by atoms with Crippen LogP contribution in [-0.4, -0.2) is 21.8 Å². The van der Waals surface area contributed by atoms with E-state index in [1.54, 1.807) is 41.2 Å². The first-order chi connectivity index (χ1) is 14.9. The summed E-state index contributed by atoms with van der Waals surface area (Å²) >= 11 is 0. The van der Waals surface area contributed by atoms with Gasteiger partial charge in [0.25, 0.3) is 5.91 Å². The Hall–Kier alpha value is -3.94. The number of fused-ring (bicyclic) bond motifs is 1. The number of amides is 1. The molecule has 0 bridgehead atoms. The molecule has 0 atom stereocenters. The van der Waals surface area contributed by atoms with Crippen molar-refractivity contribution in [1.82, 2.24) is 9.78 Å². The van der Waals surface area contributed by atoms with Crippen LogP contribution in [0.25, 0.3) is 11.0 Å². The Morgan fingerprint density at radius 3 is 2.71 bits per heavy atom. The van der Waals surface area contributed by atoms with Crippen molar-refractivity contribution in [3.05, 3.63) is 88.3 Å². The smallest absolute Gasteiger partial charge is 0.337 e. The third-order valence-corrected chi connectivity index (χ3v) is 4.48. The number of aromatic nitrogens is 2. The van der Waals surface area contributed by atoms with Crippen LogP contribution in [0.1, 0.15) is 29.8 Å². The molecule has 0 fully saturated rings. The van der Waals surface area contributed by atoms with Gasteiger partial charge < -0.3 is 14.5 Å². The fraction of sp³-hybridized carbons (Fsp3) is 0.174. The lowest BCUT2D eigenvalue weighted by Crippen LogP contribution is -2.15. The molecule has 7 nitrogen and oxygen atoms in total. The van der Waals surface area contributed by atoms with Crippen molar-refractivity contribution in [3.8, 4) is 5.75 Å². The second-order valence-electron chi connectivity index (χ2n) is 7.31. The van der Waals surface area contributed by atoms with E-state index in [4.69, 9.17) is 9.15 Å². The van der Waals surface area contributed by atoms with Crippen LogP contribution in [0.2, 0.25) is 0 Å². The number of rotatable bonds is 6. The van der Waals surface area contributed by atoms with Gasteiger partial charge in [0.2, 0.25) is 0 Å². The summed E-state index contributed by atoms with van der Waals surface area (Å²) in [5.41, 5.74) is 1.16. The lowest BCUT2D eigenvalue weighted by molar-refractivity contribution is 0.102. The summed E-state index contributed by atoms with van der Waals surface area (Å²) in [6, 6.07) is 12.3. The quantitative estimate of drug-likeness (QED) is 0.471. The molecule has 1 amide bonds. The molecule has 0 spiro atoms. The highest BCUT2D eigenvalue weighted by molar-refractivity contribution is 6.12. The van der Waals surface area contributed by atoms with Crippen LogP contribution >= 0.6 is 0 Å². The molecule has 2 aromatic carbocycles. The van der Waals surface area contributed by atoms with E-state index < -0.39 is 11.5 Å². The maximum absolute atomic E-state index is 13.0. The van der Waals surface area contributed by atoms with E-state index in [-0.39, 0.29) is 23.1 Å². The Morgan fingerprint density at radius 1 is 1.19 bits per heavy atom. The molecule has 0 aliphatic carbocycles. The topological polar surface area (TPSA) is 86.4 Å². The Morgan fingerprint density at radius 2 is 1.97 bits per heavy atom. The largest absolute Gasteiger partial charge is 0.491 e. The first-order valence-corrected chi connectivity index (χ1v) is 9.70. The lowest BCUT2D eigenvalue weighted by atomic mass is 10.1. The number of anilines is 1. The highest BCUT2D eigenvalue weighted by Crippen LogP contribution is 2.24. The van der Waals surface area contributed by atoms with Crippen LogP contribution in [0.4, 0.5) is 10.1 Å². The summed E-state index contributed by atoms with van der Waals surface area (Å²) in [7, 11) is 0. The van der Waals surface area contributed by atoms with E-state index >= 15 is 0 Å². The van der Waals surface area contributed by atoms with E-state index in [1.807, 2.05) is 13.8 Å². The molecule has 0 saturated carbocycles. The first kappa shape index (κ1) is 20.3. The number of halogens is 1. The highest BCUT2D eigenvalue weighted by atomic mass is 19.1. The molecular formula is C23H20FN3O4. The number of carbonyl (C=O) groups excluding carboxylic acids is 1. The molecule has 0 saturated heterocycles. The predicted molar refractivity (Wildman–Crippen MR) is 114 cm³/mol. The number of nitrogens with one attached hydrogen (secondary N) is 1. The minimum atomic E-state index is -0.633. The average molecular weight is 421 g/mol. The maximum atomic E-state index is 13.0. The molecular weight excluding hydrogens is 401 g/mol. The van der Waals surface area contributed by atoms with E-state index in [0.29, 0.717) is 23.4 Å². The van der Waals surface area contributed by atoms with Gasteiger partial charge in [0, 0.05) is 23.7 Å². The molecule has 0 aliphatic rings. The summed E-state index contributed by atoms with van der Waals surface area (Å²) in [5, 5.41) is 7.45. The molecule has 0 radical (unpaired) electrons. The Labute approximate surface area is 177 Å². The monoisotopic (exact) mass is 421 g/mol. The molecule has 0 aliphatic heterocycles. The Balaban J connectivity index is 1.55. The molecule has 4 aromatic rings. The third-order valence-electron chi connectivity index (χ3n) is 4.48. The standard InChI is InChI=1S/C23H20FN3O4/c1-14(2)30-18-7-8-19-20(10-22(28)31-21(19)9-18)23(29)26-17-11-25-27(13-17)12-15-3-5-16(24)6-4-15/h3-11,13-14H,12H2,1-2H3,(H,26,29). The van der Waals surface area contributed by atoms with Gasteiger partial charge >= 0.3 is 5.63 Å². The number of hydrogen-bond donors (Lipinski definition) is 1. The molecule has 2 aromatic heterocycles. The maximum Gasteiger partial charge on any atom is 0.337 e. The second kappa shape index (κ2) is 8.43. The fourth-order valence-electron chi connectivity index (χ4n) is 3.17. The van der Waals surface area contributed by atoms with Crippen molar-refractivity contribution in [2.24, 2.45) is 0 Å². The van der Waals surface area contributed by atoms with E-state index in [2.05, 4.69) is 10.4 Å². The minimum absolute atomic E-state index is 0.0397. The molecule has 1 N–H and O–H groups in total. The van der Waals surface area contributed by atoms with E-state index in [1.165, 1.54) is 18.3 Å². The molecule has 0 unspecified atom stereocenters. The number of carbonyl (C=O) groups is 1. The molecule has 158 valence electrons. The number of nitrogens with zero attached hydrogens (tertiary/aromatic N) is 2. The number of ether oxygens (including phenoxy) is 1. The molecule has 31 heavy (non-hydrogen) atoms. The summed E-state index contributed by atoms with van der Waals surface area (Å²) in [5.74, 6) is -0.221. The van der Waals surface area contributed by atoms with Crippen LogP contribution in [0.15, 0.2) is 70.1 Å². The first-order valence-electron chi connectivity index (χ1n) is 9.70. The zero-order valence-electron chi connectivity index (χ0n) is 17.0. The molecule has 4 rings (SSSR count). The second-order valence-corrected chi connectivity index (χ2v) is 7.31. The Kier molecular flexibility index (Phi) is 5.53. The summed E-state index contributed by atoms with van der Waals surface area (Å²) in [6.45, 7) is 4.20. The van der Waals surface area contributed by atoms with Gasteiger partial charge in [-0.2, -0.15) is 5.10 Å². The summed E-state index contributed by atoms with van der Waals surface area (Å²) < 4.78 is 25.5. The van der Waals surface area contributed by atoms with E-state index in [0.717, 1.165) is 11.6 Å². The van der Waals surface area contributed by atoms with Gasteiger partial charge in [-0.3, -0.25) is 9.48 Å². The van der Waals surface area contributed by atoms with Crippen molar-refractivity contribution < 1.29 is 18.3 Å². The van der Waals surface area contributed by atoms with Crippen molar-refractivity contribution in [2.75, 3.05) is 5.32 Å². The van der Waals surface area contributed by atoms with Gasteiger partial charge in [-0.15, -0.1) is 0 Å². The Bertz CT molecular complexity index is 1290. The molecule has 2 heterocycles.